The number of nitrogens with two attached hydrogens (primary N) is 1. The van der Waals surface area contributed by atoms with Gasteiger partial charge in [-0.15, -0.1) is 0 Å². The number of allylic oxidation sites excluding steroid dienone is 1. The lowest BCUT2D eigenvalue weighted by molar-refractivity contribution is -0.255. The van der Waals surface area contributed by atoms with E-state index in [2.05, 4.69) is 40.7 Å². The molecule has 4 fully saturated rings. The molecule has 0 aromatic rings. The Morgan fingerprint density at radius 2 is 1.63 bits per heavy atom. The molecule has 0 aliphatic heterocycles. The van der Waals surface area contributed by atoms with Crippen LogP contribution >= 0.6 is 0 Å². The molecule has 0 saturated heterocycles. The third-order valence-electron chi connectivity index (χ3n) is 12.7. The van der Waals surface area contributed by atoms with Crippen LogP contribution in [0.5, 0.6) is 0 Å². The molecule has 0 amide bonds. The Morgan fingerprint density at radius 1 is 0.971 bits per heavy atom. The van der Waals surface area contributed by atoms with Crippen LogP contribution in [0.1, 0.15) is 86.0 Å². The molecule has 5 rings (SSSR count). The minimum atomic E-state index is -1.15. The molecule has 5 aliphatic rings. The molecule has 0 radical (unpaired) electrons. The molecular weight excluding hydrogens is 442 g/mol. The second kappa shape index (κ2) is 7.63. The van der Waals surface area contributed by atoms with Gasteiger partial charge in [0.2, 0.25) is 0 Å². The van der Waals surface area contributed by atoms with E-state index in [0.717, 1.165) is 38.5 Å². The van der Waals surface area contributed by atoms with Crippen molar-refractivity contribution in [1.82, 2.24) is 0 Å². The third-order valence-corrected chi connectivity index (χ3v) is 12.7. The van der Waals surface area contributed by atoms with Crippen molar-refractivity contribution in [1.29, 1.82) is 0 Å². The van der Waals surface area contributed by atoms with Crippen molar-refractivity contribution in [3.8, 4) is 0 Å². The molecule has 0 bridgehead atoms. The van der Waals surface area contributed by atoms with Crippen LogP contribution in [0.15, 0.2) is 11.6 Å². The maximum absolute atomic E-state index is 13.8. The summed E-state index contributed by atoms with van der Waals surface area (Å²) in [5.41, 5.74) is 5.70. The SMILES string of the molecule is CC1(C)CC[C@]2(N)C(=O)C[C@]3(C)C(=CC[C@@H]4[C@@]5(C)C[C@H](O)[C@H](O)C(CO)(CO)[C@@H]5CC[C@]43C)[C@@H]2C1. The summed E-state index contributed by atoms with van der Waals surface area (Å²) in [5, 5.41) is 42.8. The van der Waals surface area contributed by atoms with Crippen molar-refractivity contribution in [2.24, 2.45) is 50.6 Å². The smallest absolute Gasteiger partial charge is 0.154 e. The normalized spacial score (nSPS) is 52.5. The summed E-state index contributed by atoms with van der Waals surface area (Å²) < 4.78 is 0. The van der Waals surface area contributed by atoms with E-state index in [4.69, 9.17) is 5.73 Å². The van der Waals surface area contributed by atoms with Crippen LogP contribution in [-0.2, 0) is 4.79 Å². The average molecular weight is 490 g/mol. The predicted octanol–water partition coefficient (Wildman–Crippen LogP) is 2.95. The predicted molar refractivity (Wildman–Crippen MR) is 134 cm³/mol. The number of carbonyl (C=O) groups is 1. The van der Waals surface area contributed by atoms with Gasteiger partial charge in [0, 0.05) is 23.2 Å². The molecule has 9 atom stereocenters. The van der Waals surface area contributed by atoms with Crippen LogP contribution in [-0.4, -0.2) is 57.2 Å². The Bertz CT molecular complexity index is 941. The van der Waals surface area contributed by atoms with Gasteiger partial charge in [-0.05, 0) is 73.0 Å². The third kappa shape index (κ3) is 3.04. The van der Waals surface area contributed by atoms with Gasteiger partial charge in [0.25, 0.3) is 0 Å². The highest BCUT2D eigenvalue weighted by atomic mass is 16.3. The summed E-state index contributed by atoms with van der Waals surface area (Å²) in [5.74, 6) is 0.317. The fraction of sp³-hybridized carbons (Fsp3) is 0.897. The Labute approximate surface area is 210 Å². The average Bonchev–Trinajstić information content (AvgIpc) is 2.78. The zero-order valence-electron chi connectivity index (χ0n) is 22.3. The first-order chi connectivity index (χ1) is 16.2. The highest BCUT2D eigenvalue weighted by Gasteiger charge is 2.71. The van der Waals surface area contributed by atoms with E-state index >= 15 is 0 Å². The number of carbonyl (C=O) groups excluding carboxylic acids is 1. The molecule has 0 aromatic carbocycles. The molecule has 0 heterocycles. The van der Waals surface area contributed by atoms with Crippen LogP contribution in [0.4, 0.5) is 0 Å². The second-order valence-corrected chi connectivity index (χ2v) is 14.6. The zero-order chi connectivity index (χ0) is 25.8. The quantitative estimate of drug-likeness (QED) is 0.380. The molecule has 5 aliphatic carbocycles. The number of fused-ring (bicyclic) bond motifs is 7. The summed E-state index contributed by atoms with van der Waals surface area (Å²) >= 11 is 0. The first-order valence-corrected chi connectivity index (χ1v) is 13.8. The van der Waals surface area contributed by atoms with Gasteiger partial charge in [-0.3, -0.25) is 4.79 Å². The van der Waals surface area contributed by atoms with E-state index in [-0.39, 0.29) is 58.4 Å². The van der Waals surface area contributed by atoms with E-state index < -0.39 is 23.2 Å². The molecule has 6 N–H and O–H groups in total. The highest BCUT2D eigenvalue weighted by Crippen LogP contribution is 2.74. The van der Waals surface area contributed by atoms with Gasteiger partial charge in [-0.2, -0.15) is 0 Å². The number of ketones is 1. The van der Waals surface area contributed by atoms with E-state index in [1.807, 2.05) is 0 Å². The van der Waals surface area contributed by atoms with Crippen LogP contribution in [0.3, 0.4) is 0 Å². The van der Waals surface area contributed by atoms with Gasteiger partial charge < -0.3 is 26.2 Å². The molecule has 198 valence electrons. The minimum absolute atomic E-state index is 0.0635. The van der Waals surface area contributed by atoms with Crippen molar-refractivity contribution < 1.29 is 25.2 Å². The van der Waals surface area contributed by atoms with Crippen molar-refractivity contribution in [2.45, 2.75) is 104 Å². The summed E-state index contributed by atoms with van der Waals surface area (Å²) in [6.07, 6.45) is 6.22. The minimum Gasteiger partial charge on any atom is -0.396 e. The second-order valence-electron chi connectivity index (χ2n) is 14.6. The number of rotatable bonds is 2. The summed E-state index contributed by atoms with van der Waals surface area (Å²) in [7, 11) is 0. The van der Waals surface area contributed by atoms with Crippen molar-refractivity contribution >= 4 is 5.78 Å². The van der Waals surface area contributed by atoms with Gasteiger partial charge in [-0.1, -0.05) is 46.3 Å². The lowest BCUT2D eigenvalue weighted by Gasteiger charge is -2.71. The number of aliphatic hydroxyl groups is 4. The van der Waals surface area contributed by atoms with E-state index in [1.54, 1.807) is 0 Å². The van der Waals surface area contributed by atoms with Crippen LogP contribution < -0.4 is 5.73 Å². The topological polar surface area (TPSA) is 124 Å². The maximum Gasteiger partial charge on any atom is 0.154 e. The van der Waals surface area contributed by atoms with Crippen molar-refractivity contribution in [2.75, 3.05) is 13.2 Å². The molecule has 35 heavy (non-hydrogen) atoms. The molecule has 6 nitrogen and oxygen atoms in total. The molecule has 0 spiro atoms. The van der Waals surface area contributed by atoms with Crippen LogP contribution in [0.2, 0.25) is 0 Å². The molecule has 4 saturated carbocycles. The fourth-order valence-electron chi connectivity index (χ4n) is 10.3. The monoisotopic (exact) mass is 489 g/mol. The molecular formula is C29H47NO5. The highest BCUT2D eigenvalue weighted by molar-refractivity contribution is 5.92. The number of hydrogen-bond acceptors (Lipinski definition) is 6. The Balaban J connectivity index is 1.62. The first-order valence-electron chi connectivity index (χ1n) is 13.8. The standard InChI is InChI=1S/C29H47NO5/c1-24(2)10-11-29(30)18(12-24)17-6-7-20-25(3)13-19(33)23(35)28(15-31,16-32)21(25)8-9-26(20,4)27(17,5)14-22(29)34/h6,18-21,23,31-33,35H,7-16,30H2,1-5H3/t18-,19-,20+,21+,23-,25+,26+,27+,29+/m0/s1. The van der Waals surface area contributed by atoms with Gasteiger partial charge in [0.15, 0.2) is 5.78 Å². The molecule has 0 unspecified atom stereocenters. The van der Waals surface area contributed by atoms with Gasteiger partial charge >= 0.3 is 0 Å². The van der Waals surface area contributed by atoms with Gasteiger partial charge in [0.1, 0.15) is 0 Å². The van der Waals surface area contributed by atoms with Gasteiger partial charge in [0.05, 0.1) is 31.0 Å². The number of hydrogen-bond donors (Lipinski definition) is 5. The lowest BCUT2D eigenvalue weighted by atomic mass is 9.33. The Morgan fingerprint density at radius 3 is 2.26 bits per heavy atom. The lowest BCUT2D eigenvalue weighted by Crippen LogP contribution is -2.71. The van der Waals surface area contributed by atoms with E-state index in [9.17, 15) is 25.2 Å². The van der Waals surface area contributed by atoms with Crippen LogP contribution in [0, 0.1) is 44.8 Å². The van der Waals surface area contributed by atoms with Crippen molar-refractivity contribution in [3.63, 3.8) is 0 Å². The van der Waals surface area contributed by atoms with Gasteiger partial charge in [-0.25, -0.2) is 0 Å². The van der Waals surface area contributed by atoms with Crippen LogP contribution in [0.25, 0.3) is 0 Å². The molecule has 6 heteroatoms. The number of Topliss-reactive ketones (excluding diaryl/α,β-unsaturated/α-hetero) is 1. The van der Waals surface area contributed by atoms with E-state index in [0.29, 0.717) is 12.8 Å². The summed E-state index contributed by atoms with van der Waals surface area (Å²) in [6, 6.07) is 0. The largest absolute Gasteiger partial charge is 0.396 e. The Hall–Kier alpha value is -0.790. The van der Waals surface area contributed by atoms with Crippen molar-refractivity contribution in [3.05, 3.63) is 11.6 Å². The number of aliphatic hydroxyl groups excluding tert-OH is 4. The first kappa shape index (κ1) is 25.8. The summed E-state index contributed by atoms with van der Waals surface area (Å²) in [6.45, 7) is 10.7. The maximum atomic E-state index is 13.8. The Kier molecular flexibility index (Phi) is 5.63. The molecule has 0 aromatic heterocycles. The zero-order valence-corrected chi connectivity index (χ0v) is 22.3. The summed E-state index contributed by atoms with van der Waals surface area (Å²) in [4.78, 5) is 13.8. The van der Waals surface area contributed by atoms with E-state index in [1.165, 1.54) is 5.57 Å². The fourth-order valence-corrected chi connectivity index (χ4v) is 10.3.